The lowest BCUT2D eigenvalue weighted by atomic mass is 9.80. The van der Waals surface area contributed by atoms with Crippen molar-refractivity contribution in [2.24, 2.45) is 5.92 Å². The first-order chi connectivity index (χ1) is 10.3. The molecule has 0 radical (unpaired) electrons. The molecule has 1 heterocycles. The van der Waals surface area contributed by atoms with Crippen LogP contribution >= 0.6 is 28.3 Å². The molecule has 1 aromatic carbocycles. The zero-order valence-electron chi connectivity index (χ0n) is 12.9. The Morgan fingerprint density at radius 1 is 1.14 bits per heavy atom. The van der Waals surface area contributed by atoms with Crippen LogP contribution in [0.25, 0.3) is 0 Å². The summed E-state index contributed by atoms with van der Waals surface area (Å²) in [6, 6.07) is 6.10. The van der Waals surface area contributed by atoms with Crippen molar-refractivity contribution in [2.75, 3.05) is 26.2 Å². The number of rotatable bonds is 3. The summed E-state index contributed by atoms with van der Waals surface area (Å²) in [7, 11) is 0. The average molecular weight is 392 g/mol. The lowest BCUT2D eigenvalue weighted by Crippen LogP contribution is -2.47. The van der Waals surface area contributed by atoms with Gasteiger partial charge in [0.05, 0.1) is 4.47 Å². The molecule has 2 nitrogen and oxygen atoms in total. The van der Waals surface area contributed by atoms with Crippen molar-refractivity contribution in [3.8, 4) is 0 Å². The van der Waals surface area contributed by atoms with Gasteiger partial charge >= 0.3 is 0 Å². The van der Waals surface area contributed by atoms with E-state index in [1.54, 1.807) is 6.07 Å². The summed E-state index contributed by atoms with van der Waals surface area (Å²) in [6.45, 7) is 4.22. The molecule has 0 spiro atoms. The number of piperazine rings is 1. The molecule has 0 unspecified atom stereocenters. The van der Waals surface area contributed by atoms with Gasteiger partial charge in [0.15, 0.2) is 0 Å². The van der Waals surface area contributed by atoms with Crippen molar-refractivity contribution in [2.45, 2.75) is 38.1 Å². The van der Waals surface area contributed by atoms with Crippen molar-refractivity contribution in [1.29, 1.82) is 0 Å². The highest BCUT2D eigenvalue weighted by Crippen LogP contribution is 2.39. The van der Waals surface area contributed by atoms with Crippen LogP contribution in [0.1, 0.15) is 43.7 Å². The summed E-state index contributed by atoms with van der Waals surface area (Å²) in [6.07, 6.45) is 6.58. The lowest BCUT2D eigenvalue weighted by Gasteiger charge is -2.41. The largest absolute Gasteiger partial charge is 0.314 e. The van der Waals surface area contributed by atoms with Gasteiger partial charge in [-0.25, -0.2) is 4.39 Å². The van der Waals surface area contributed by atoms with E-state index in [1.165, 1.54) is 32.1 Å². The molecule has 2 aliphatic rings. The van der Waals surface area contributed by atoms with Crippen LogP contribution in [0.2, 0.25) is 0 Å². The first kappa shape index (κ1) is 18.2. The van der Waals surface area contributed by atoms with Crippen LogP contribution < -0.4 is 5.32 Å². The summed E-state index contributed by atoms with van der Waals surface area (Å²) >= 11 is 3.27. The molecule has 1 N–H and O–H groups in total. The first-order valence-corrected chi connectivity index (χ1v) is 8.95. The Bertz CT molecular complexity index is 456. The fraction of sp³-hybridized carbons (Fsp3) is 0.647. The molecular weight excluding hydrogens is 367 g/mol. The predicted molar refractivity (Wildman–Crippen MR) is 95.1 cm³/mol. The van der Waals surface area contributed by atoms with Gasteiger partial charge in [-0.05, 0) is 52.4 Å². The maximum Gasteiger partial charge on any atom is 0.137 e. The van der Waals surface area contributed by atoms with Gasteiger partial charge in [-0.2, -0.15) is 0 Å². The smallest absolute Gasteiger partial charge is 0.137 e. The molecule has 1 atom stereocenters. The van der Waals surface area contributed by atoms with E-state index in [0.717, 1.165) is 31.7 Å². The Morgan fingerprint density at radius 3 is 2.45 bits per heavy atom. The molecule has 2 fully saturated rings. The van der Waals surface area contributed by atoms with Gasteiger partial charge in [-0.1, -0.05) is 25.3 Å². The Hall–Kier alpha value is -0.160. The maximum atomic E-state index is 14.0. The second-order valence-electron chi connectivity index (χ2n) is 6.30. The molecule has 1 saturated carbocycles. The molecule has 1 aliphatic carbocycles. The van der Waals surface area contributed by atoms with Gasteiger partial charge in [0.2, 0.25) is 0 Å². The highest BCUT2D eigenvalue weighted by molar-refractivity contribution is 9.10. The minimum atomic E-state index is -0.136. The van der Waals surface area contributed by atoms with Crippen LogP contribution in [-0.2, 0) is 0 Å². The van der Waals surface area contributed by atoms with Gasteiger partial charge in [0.25, 0.3) is 0 Å². The molecule has 1 saturated heterocycles. The minimum Gasteiger partial charge on any atom is -0.314 e. The van der Waals surface area contributed by atoms with Crippen LogP contribution in [-0.4, -0.2) is 31.1 Å². The van der Waals surface area contributed by atoms with Crippen LogP contribution in [0.4, 0.5) is 4.39 Å². The van der Waals surface area contributed by atoms with Gasteiger partial charge in [-0.3, -0.25) is 4.90 Å². The summed E-state index contributed by atoms with van der Waals surface area (Å²) in [5, 5.41) is 3.42. The Balaban J connectivity index is 0.00000176. The first-order valence-electron chi connectivity index (χ1n) is 8.15. The molecule has 1 aromatic rings. The van der Waals surface area contributed by atoms with Crippen LogP contribution in [0.15, 0.2) is 22.7 Å². The van der Waals surface area contributed by atoms with Crippen LogP contribution in [0.3, 0.4) is 0 Å². The molecule has 22 heavy (non-hydrogen) atoms. The number of halogens is 3. The summed E-state index contributed by atoms with van der Waals surface area (Å²) in [5.41, 5.74) is 1.16. The van der Waals surface area contributed by atoms with E-state index >= 15 is 0 Å². The number of hydrogen-bond acceptors (Lipinski definition) is 2. The van der Waals surface area contributed by atoms with E-state index in [1.807, 2.05) is 6.07 Å². The van der Waals surface area contributed by atoms with E-state index in [4.69, 9.17) is 0 Å². The molecular formula is C17H25BrClFN2. The zero-order valence-corrected chi connectivity index (χ0v) is 15.3. The third-order valence-electron chi connectivity index (χ3n) is 4.93. The van der Waals surface area contributed by atoms with Crippen molar-refractivity contribution in [1.82, 2.24) is 10.2 Å². The quantitative estimate of drug-likeness (QED) is 0.814. The second-order valence-corrected chi connectivity index (χ2v) is 7.16. The Labute approximate surface area is 147 Å². The molecule has 124 valence electrons. The number of nitrogens with zero attached hydrogens (tertiary/aromatic N) is 1. The van der Waals surface area contributed by atoms with E-state index in [0.29, 0.717) is 16.4 Å². The third-order valence-corrected chi connectivity index (χ3v) is 5.57. The SMILES string of the molecule is Cl.Fc1cc([C@@H](C2CCCCC2)N2CCNCC2)ccc1Br. The van der Waals surface area contributed by atoms with Gasteiger partial charge in [0, 0.05) is 32.2 Å². The lowest BCUT2D eigenvalue weighted by molar-refractivity contribution is 0.103. The summed E-state index contributed by atoms with van der Waals surface area (Å²) in [5.74, 6) is 0.542. The normalized spacial score (nSPS) is 22.1. The molecule has 1 aliphatic heterocycles. The third kappa shape index (κ3) is 4.22. The molecule has 0 bridgehead atoms. The van der Waals surface area contributed by atoms with Gasteiger partial charge < -0.3 is 5.32 Å². The van der Waals surface area contributed by atoms with E-state index in [-0.39, 0.29) is 18.2 Å². The molecule has 0 amide bonds. The van der Waals surface area contributed by atoms with Crippen molar-refractivity contribution in [3.63, 3.8) is 0 Å². The minimum absolute atomic E-state index is 0. The van der Waals surface area contributed by atoms with Crippen molar-refractivity contribution >= 4 is 28.3 Å². The fourth-order valence-corrected chi connectivity index (χ4v) is 4.13. The summed E-state index contributed by atoms with van der Waals surface area (Å²) in [4.78, 5) is 2.56. The fourth-order valence-electron chi connectivity index (χ4n) is 3.89. The second kappa shape index (κ2) is 8.62. The average Bonchev–Trinajstić information content (AvgIpc) is 2.53. The standard InChI is InChI=1S/C17H24BrFN2.ClH/c18-15-7-6-14(12-16(15)19)17(13-4-2-1-3-5-13)21-10-8-20-9-11-21;/h6-7,12-13,17,20H,1-5,8-11H2;1H/t17-;/m1./s1. The van der Waals surface area contributed by atoms with Gasteiger partial charge in [-0.15, -0.1) is 12.4 Å². The molecule has 0 aromatic heterocycles. The van der Waals surface area contributed by atoms with Crippen molar-refractivity contribution in [3.05, 3.63) is 34.1 Å². The number of hydrogen-bond donors (Lipinski definition) is 1. The monoisotopic (exact) mass is 390 g/mol. The number of nitrogens with one attached hydrogen (secondary N) is 1. The topological polar surface area (TPSA) is 15.3 Å². The van der Waals surface area contributed by atoms with Gasteiger partial charge in [0.1, 0.15) is 5.82 Å². The Morgan fingerprint density at radius 2 is 1.82 bits per heavy atom. The van der Waals surface area contributed by atoms with Crippen molar-refractivity contribution < 1.29 is 4.39 Å². The van der Waals surface area contributed by atoms with E-state index < -0.39 is 0 Å². The Kier molecular flexibility index (Phi) is 7.13. The van der Waals surface area contributed by atoms with E-state index in [2.05, 4.69) is 32.2 Å². The maximum absolute atomic E-state index is 14.0. The molecule has 5 heteroatoms. The predicted octanol–water partition coefficient (Wildman–Crippen LogP) is 4.54. The van der Waals surface area contributed by atoms with Crippen LogP contribution in [0, 0.1) is 11.7 Å². The zero-order chi connectivity index (χ0) is 14.7. The van der Waals surface area contributed by atoms with E-state index in [9.17, 15) is 4.39 Å². The number of benzene rings is 1. The molecule has 3 rings (SSSR count). The summed E-state index contributed by atoms with van der Waals surface area (Å²) < 4.78 is 14.6. The highest BCUT2D eigenvalue weighted by atomic mass is 79.9. The highest BCUT2D eigenvalue weighted by Gasteiger charge is 2.31. The van der Waals surface area contributed by atoms with Crippen LogP contribution in [0.5, 0.6) is 0 Å².